The highest BCUT2D eigenvalue weighted by atomic mass is 16.5. The fraction of sp³-hybridized carbons (Fsp3) is 0.562. The molecule has 0 aromatic carbocycles. The van der Waals surface area contributed by atoms with Gasteiger partial charge in [-0.3, -0.25) is 9.88 Å². The van der Waals surface area contributed by atoms with Gasteiger partial charge in [-0.25, -0.2) is 0 Å². The molecule has 1 aromatic heterocycles. The number of anilines is 1. The molecule has 0 aliphatic carbocycles. The van der Waals surface area contributed by atoms with Crippen molar-refractivity contribution in [2.75, 3.05) is 25.4 Å². The number of hydrogen-bond donors (Lipinski definition) is 1. The molecule has 1 aromatic rings. The van der Waals surface area contributed by atoms with Crippen molar-refractivity contribution in [2.45, 2.75) is 38.8 Å². The summed E-state index contributed by atoms with van der Waals surface area (Å²) in [4.78, 5) is 7.04. The lowest BCUT2D eigenvalue weighted by atomic mass is 9.98. The van der Waals surface area contributed by atoms with Crippen molar-refractivity contribution < 1.29 is 4.74 Å². The van der Waals surface area contributed by atoms with Crippen molar-refractivity contribution in [3.8, 4) is 0 Å². The number of nitrogens with two attached hydrogens (primary N) is 1. The van der Waals surface area contributed by atoms with Crippen LogP contribution in [-0.4, -0.2) is 41.7 Å². The smallest absolute Gasteiger partial charge is 0.0703 e. The number of aryl methyl sites for hydroxylation is 1. The van der Waals surface area contributed by atoms with Gasteiger partial charge in [0.05, 0.1) is 23.7 Å². The number of aromatic nitrogens is 1. The minimum Gasteiger partial charge on any atom is -0.397 e. The Bertz CT molecular complexity index is 526. The summed E-state index contributed by atoms with van der Waals surface area (Å²) in [6.45, 7) is 7.26. The molecular formula is C16H23N3O. The second kappa shape index (κ2) is 5.54. The molecule has 0 saturated carbocycles. The Balaban J connectivity index is 1.73. The van der Waals surface area contributed by atoms with E-state index in [0.717, 1.165) is 43.9 Å². The second-order valence-electron chi connectivity index (χ2n) is 5.84. The van der Waals surface area contributed by atoms with Crippen LogP contribution in [0.25, 0.3) is 5.57 Å². The van der Waals surface area contributed by atoms with Crippen LogP contribution in [0.3, 0.4) is 0 Å². The first-order chi connectivity index (χ1) is 9.65. The Morgan fingerprint density at radius 3 is 2.90 bits per heavy atom. The van der Waals surface area contributed by atoms with Gasteiger partial charge in [-0.2, -0.15) is 0 Å². The summed E-state index contributed by atoms with van der Waals surface area (Å²) in [6, 6.07) is 2.58. The van der Waals surface area contributed by atoms with Crippen LogP contribution in [0.2, 0.25) is 0 Å². The van der Waals surface area contributed by atoms with Gasteiger partial charge in [0.1, 0.15) is 0 Å². The fourth-order valence-electron chi connectivity index (χ4n) is 3.33. The van der Waals surface area contributed by atoms with E-state index in [2.05, 4.69) is 29.8 Å². The number of nitrogen functional groups attached to an aromatic ring is 1. The van der Waals surface area contributed by atoms with Crippen molar-refractivity contribution in [3.63, 3.8) is 0 Å². The molecule has 3 rings (SSSR count). The summed E-state index contributed by atoms with van der Waals surface area (Å²) in [7, 11) is 0. The van der Waals surface area contributed by atoms with E-state index in [9.17, 15) is 0 Å². The maximum absolute atomic E-state index is 5.77. The van der Waals surface area contributed by atoms with Gasteiger partial charge in [0.25, 0.3) is 0 Å². The summed E-state index contributed by atoms with van der Waals surface area (Å²) < 4.78 is 5.67. The van der Waals surface area contributed by atoms with Crippen LogP contribution in [-0.2, 0) is 4.74 Å². The maximum Gasteiger partial charge on any atom is 0.0703 e. The zero-order chi connectivity index (χ0) is 14.1. The Hall–Kier alpha value is -1.39. The molecule has 1 saturated heterocycles. The maximum atomic E-state index is 5.77. The molecule has 1 fully saturated rings. The average Bonchev–Trinajstić information content (AvgIpc) is 2.85. The minimum absolute atomic E-state index is 0.362. The summed E-state index contributed by atoms with van der Waals surface area (Å²) in [5.41, 5.74) is 10.1. The van der Waals surface area contributed by atoms with E-state index in [-0.39, 0.29) is 0 Å². The number of pyridine rings is 1. The Morgan fingerprint density at radius 1 is 1.45 bits per heavy atom. The Morgan fingerprint density at radius 2 is 2.30 bits per heavy atom. The van der Waals surface area contributed by atoms with Gasteiger partial charge in [0.2, 0.25) is 0 Å². The van der Waals surface area contributed by atoms with Crippen molar-refractivity contribution >= 4 is 11.3 Å². The van der Waals surface area contributed by atoms with Gasteiger partial charge >= 0.3 is 0 Å². The normalized spacial score (nSPS) is 27.6. The molecule has 2 atom stereocenters. The lowest BCUT2D eigenvalue weighted by Crippen LogP contribution is -2.42. The lowest BCUT2D eigenvalue weighted by molar-refractivity contribution is 0.0782. The molecule has 0 amide bonds. The van der Waals surface area contributed by atoms with Crippen molar-refractivity contribution in [3.05, 3.63) is 29.6 Å². The third-order valence-corrected chi connectivity index (χ3v) is 4.45. The molecule has 2 N–H and O–H groups in total. The van der Waals surface area contributed by atoms with E-state index in [0.29, 0.717) is 12.1 Å². The van der Waals surface area contributed by atoms with Crippen LogP contribution in [0.5, 0.6) is 0 Å². The van der Waals surface area contributed by atoms with E-state index in [1.165, 1.54) is 11.1 Å². The van der Waals surface area contributed by atoms with Crippen LogP contribution < -0.4 is 5.73 Å². The Kier molecular flexibility index (Phi) is 3.76. The lowest BCUT2D eigenvalue weighted by Gasteiger charge is -2.33. The van der Waals surface area contributed by atoms with Crippen LogP contribution in [0, 0.1) is 6.92 Å². The molecule has 3 heterocycles. The summed E-state index contributed by atoms with van der Waals surface area (Å²) in [6.07, 6.45) is 6.65. The first-order valence-corrected chi connectivity index (χ1v) is 7.42. The van der Waals surface area contributed by atoms with Gasteiger partial charge in [0.15, 0.2) is 0 Å². The van der Waals surface area contributed by atoms with E-state index >= 15 is 0 Å². The second-order valence-corrected chi connectivity index (χ2v) is 5.84. The van der Waals surface area contributed by atoms with E-state index in [1.54, 1.807) is 6.20 Å². The van der Waals surface area contributed by atoms with Crippen LogP contribution >= 0.6 is 0 Å². The highest BCUT2D eigenvalue weighted by Crippen LogP contribution is 2.28. The molecule has 0 bridgehead atoms. The highest BCUT2D eigenvalue weighted by molar-refractivity contribution is 5.67. The molecule has 0 radical (unpaired) electrons. The molecule has 2 aliphatic heterocycles. The predicted molar refractivity (Wildman–Crippen MR) is 81.4 cm³/mol. The molecule has 4 nitrogen and oxygen atoms in total. The quantitative estimate of drug-likeness (QED) is 0.898. The predicted octanol–water partition coefficient (Wildman–Crippen LogP) is 2.24. The highest BCUT2D eigenvalue weighted by Gasteiger charge is 2.30. The number of nitrogens with zero attached hydrogens (tertiary/aromatic N) is 2. The minimum atomic E-state index is 0.362. The van der Waals surface area contributed by atoms with Crippen molar-refractivity contribution in [1.29, 1.82) is 0 Å². The molecule has 0 unspecified atom stereocenters. The van der Waals surface area contributed by atoms with E-state index in [4.69, 9.17) is 10.5 Å². The van der Waals surface area contributed by atoms with Gasteiger partial charge < -0.3 is 10.5 Å². The number of hydrogen-bond acceptors (Lipinski definition) is 4. The first kappa shape index (κ1) is 13.6. The molecule has 108 valence electrons. The largest absolute Gasteiger partial charge is 0.397 e. The molecular weight excluding hydrogens is 250 g/mol. The summed E-state index contributed by atoms with van der Waals surface area (Å²) in [5.74, 6) is 0. The van der Waals surface area contributed by atoms with E-state index in [1.807, 2.05) is 6.07 Å². The van der Waals surface area contributed by atoms with Crippen LogP contribution in [0.15, 0.2) is 18.3 Å². The first-order valence-electron chi connectivity index (χ1n) is 7.42. The molecule has 2 aliphatic rings. The van der Waals surface area contributed by atoms with Gasteiger partial charge in [-0.15, -0.1) is 0 Å². The Labute approximate surface area is 120 Å². The average molecular weight is 273 g/mol. The summed E-state index contributed by atoms with van der Waals surface area (Å²) >= 11 is 0. The van der Waals surface area contributed by atoms with Gasteiger partial charge in [-0.05, 0) is 43.9 Å². The SMILES string of the molecule is Cc1cc(N)cnc1C1=CCN([C@@H]2CCO[C@H]2C)CC1. The standard InChI is InChI=1S/C16H23N3O/c1-11-9-14(17)10-18-16(11)13-3-6-19(7-4-13)15-5-8-20-12(15)2/h3,9-10,12,15H,4-8,17H2,1-2H3/t12-,15+/m0/s1. The fourth-order valence-corrected chi connectivity index (χ4v) is 3.33. The number of rotatable bonds is 2. The molecule has 20 heavy (non-hydrogen) atoms. The van der Waals surface area contributed by atoms with Crippen LogP contribution in [0.4, 0.5) is 5.69 Å². The third-order valence-electron chi connectivity index (χ3n) is 4.45. The van der Waals surface area contributed by atoms with Crippen LogP contribution in [0.1, 0.15) is 31.0 Å². The van der Waals surface area contributed by atoms with Gasteiger partial charge in [0, 0.05) is 25.7 Å². The topological polar surface area (TPSA) is 51.4 Å². The van der Waals surface area contributed by atoms with Crippen molar-refractivity contribution in [1.82, 2.24) is 9.88 Å². The monoisotopic (exact) mass is 273 g/mol. The zero-order valence-corrected chi connectivity index (χ0v) is 12.3. The van der Waals surface area contributed by atoms with E-state index < -0.39 is 0 Å². The van der Waals surface area contributed by atoms with Crippen molar-refractivity contribution in [2.24, 2.45) is 0 Å². The molecule has 4 heteroatoms. The molecule has 0 spiro atoms. The zero-order valence-electron chi connectivity index (χ0n) is 12.3. The number of ether oxygens (including phenoxy) is 1. The summed E-state index contributed by atoms with van der Waals surface area (Å²) in [5, 5.41) is 0. The van der Waals surface area contributed by atoms with Gasteiger partial charge in [-0.1, -0.05) is 6.08 Å². The third kappa shape index (κ3) is 2.58.